The average Bonchev–Trinajstić information content (AvgIpc) is 3.28. The Kier molecular flexibility index (Phi) is 5.50. The molecule has 2 aliphatic heterocycles. The van der Waals surface area contributed by atoms with E-state index in [1.807, 2.05) is 0 Å². The molecule has 2 aromatic rings. The van der Waals surface area contributed by atoms with Crippen molar-refractivity contribution in [2.24, 2.45) is 11.8 Å². The van der Waals surface area contributed by atoms with E-state index in [0.717, 1.165) is 6.07 Å². The molecule has 12 heteroatoms. The van der Waals surface area contributed by atoms with Crippen LogP contribution in [0.1, 0.15) is 18.5 Å². The molecule has 12 nitrogen and oxygen atoms in total. The van der Waals surface area contributed by atoms with Crippen molar-refractivity contribution < 1.29 is 39.4 Å². The predicted octanol–water partition coefficient (Wildman–Crippen LogP) is 0.963. The van der Waals surface area contributed by atoms with E-state index in [0.29, 0.717) is 4.90 Å². The zero-order chi connectivity index (χ0) is 24.9. The van der Waals surface area contributed by atoms with E-state index >= 15 is 0 Å². The standard InChI is InChI=1S/C22H21N3O9/c1-10(26)22(21(30)31)16-15(17(23-22)13-7-4-8-14(34-2)18(13)27)19(28)24(20(16)29)11-5-3-6-12(9-11)25(32)33/h3-10,15-17,23,26-27H,1-2H3,(H,30,31). The Morgan fingerprint density at radius 2 is 1.91 bits per heavy atom. The van der Waals surface area contributed by atoms with Gasteiger partial charge in [0.25, 0.3) is 5.69 Å². The van der Waals surface area contributed by atoms with Gasteiger partial charge in [-0.3, -0.25) is 29.8 Å². The fraction of sp³-hybridized carbons (Fsp3) is 0.318. The zero-order valence-corrected chi connectivity index (χ0v) is 18.0. The highest BCUT2D eigenvalue weighted by molar-refractivity contribution is 6.24. The van der Waals surface area contributed by atoms with Gasteiger partial charge in [0.05, 0.1) is 35.7 Å². The second-order valence-corrected chi connectivity index (χ2v) is 8.16. The number of carboxylic acids is 1. The highest BCUT2D eigenvalue weighted by Crippen LogP contribution is 2.53. The summed E-state index contributed by atoms with van der Waals surface area (Å²) in [6.45, 7) is 1.18. The van der Waals surface area contributed by atoms with Gasteiger partial charge in [0.15, 0.2) is 17.0 Å². The number of aliphatic carboxylic acids is 1. The Balaban J connectivity index is 1.91. The number of nitro groups is 1. The number of aliphatic hydroxyl groups excluding tert-OH is 1. The number of methoxy groups -OCH3 is 1. The first-order valence-corrected chi connectivity index (χ1v) is 10.2. The second kappa shape index (κ2) is 8.08. The van der Waals surface area contributed by atoms with E-state index in [2.05, 4.69) is 5.32 Å². The monoisotopic (exact) mass is 471 g/mol. The van der Waals surface area contributed by atoms with Crippen molar-refractivity contribution in [1.29, 1.82) is 0 Å². The van der Waals surface area contributed by atoms with Gasteiger partial charge < -0.3 is 20.1 Å². The number of anilines is 1. The van der Waals surface area contributed by atoms with E-state index in [9.17, 15) is 39.8 Å². The lowest BCUT2D eigenvalue weighted by atomic mass is 9.76. The smallest absolute Gasteiger partial charge is 0.327 e. The number of rotatable bonds is 6. The number of hydrogen-bond donors (Lipinski definition) is 4. The number of phenols is 1. The van der Waals surface area contributed by atoms with Crippen LogP contribution in [0.2, 0.25) is 0 Å². The van der Waals surface area contributed by atoms with Crippen LogP contribution in [0, 0.1) is 22.0 Å². The molecule has 0 spiro atoms. The van der Waals surface area contributed by atoms with Gasteiger partial charge in [-0.25, -0.2) is 4.90 Å². The van der Waals surface area contributed by atoms with Gasteiger partial charge in [-0.05, 0) is 19.1 Å². The van der Waals surface area contributed by atoms with Gasteiger partial charge in [0.2, 0.25) is 11.8 Å². The summed E-state index contributed by atoms with van der Waals surface area (Å²) in [5.74, 6) is -6.52. The number of amides is 2. The number of benzene rings is 2. The van der Waals surface area contributed by atoms with Crippen LogP contribution < -0.4 is 15.0 Å². The summed E-state index contributed by atoms with van der Waals surface area (Å²) in [5, 5.41) is 45.3. The van der Waals surface area contributed by atoms with Gasteiger partial charge in [0.1, 0.15) is 0 Å². The van der Waals surface area contributed by atoms with Crippen LogP contribution in [0.4, 0.5) is 11.4 Å². The molecule has 0 radical (unpaired) electrons. The normalized spacial score (nSPS) is 26.9. The number of imide groups is 1. The fourth-order valence-electron chi connectivity index (χ4n) is 4.92. The molecule has 2 aromatic carbocycles. The number of aliphatic hydroxyl groups is 1. The molecule has 2 amide bonds. The number of non-ortho nitro benzene ring substituents is 1. The highest BCUT2D eigenvalue weighted by atomic mass is 16.6. The third-order valence-corrected chi connectivity index (χ3v) is 6.49. The van der Waals surface area contributed by atoms with Crippen molar-refractivity contribution in [3.63, 3.8) is 0 Å². The van der Waals surface area contributed by atoms with Crippen LogP contribution in [0.5, 0.6) is 11.5 Å². The maximum atomic E-state index is 13.6. The SMILES string of the molecule is COc1cccc(C2NC(C(=O)O)(C(C)O)C3C(=O)N(c4cccc([N+](=O)[O-])c4)C(=O)C23)c1O. The molecule has 2 heterocycles. The first-order chi connectivity index (χ1) is 16.1. The zero-order valence-electron chi connectivity index (χ0n) is 18.0. The lowest BCUT2D eigenvalue weighted by Gasteiger charge is -2.33. The molecule has 4 N–H and O–H groups in total. The van der Waals surface area contributed by atoms with Gasteiger partial charge in [-0.15, -0.1) is 0 Å². The number of ether oxygens (including phenoxy) is 1. The van der Waals surface area contributed by atoms with Crippen LogP contribution in [0.3, 0.4) is 0 Å². The molecule has 0 aromatic heterocycles. The molecule has 0 aliphatic carbocycles. The minimum atomic E-state index is -2.27. The molecular weight excluding hydrogens is 450 g/mol. The molecule has 2 aliphatic rings. The number of carbonyl (C=O) groups is 3. The Labute approximate surface area is 192 Å². The largest absolute Gasteiger partial charge is 0.504 e. The van der Waals surface area contributed by atoms with Crippen molar-refractivity contribution in [1.82, 2.24) is 5.32 Å². The second-order valence-electron chi connectivity index (χ2n) is 8.16. The van der Waals surface area contributed by atoms with E-state index < -0.39 is 52.2 Å². The van der Waals surface area contributed by atoms with Crippen LogP contribution >= 0.6 is 0 Å². The van der Waals surface area contributed by atoms with Gasteiger partial charge in [-0.2, -0.15) is 0 Å². The molecule has 2 saturated heterocycles. The molecule has 0 bridgehead atoms. The highest BCUT2D eigenvalue weighted by Gasteiger charge is 2.70. The third kappa shape index (κ3) is 3.10. The lowest BCUT2D eigenvalue weighted by molar-refractivity contribution is -0.384. The maximum absolute atomic E-state index is 13.6. The number of carboxylic acid groups (broad SMARTS) is 1. The summed E-state index contributed by atoms with van der Waals surface area (Å²) in [7, 11) is 1.31. The number of fused-ring (bicyclic) bond motifs is 1. The minimum Gasteiger partial charge on any atom is -0.504 e. The van der Waals surface area contributed by atoms with Gasteiger partial charge in [0, 0.05) is 23.7 Å². The summed E-state index contributed by atoms with van der Waals surface area (Å²) in [4.78, 5) is 50.8. The number of nitro benzene ring substituents is 1. The topological polar surface area (TPSA) is 180 Å². The summed E-state index contributed by atoms with van der Waals surface area (Å²) in [5.41, 5.74) is -2.64. The molecule has 2 fully saturated rings. The number of nitrogens with zero attached hydrogens (tertiary/aromatic N) is 2. The number of para-hydroxylation sites is 1. The molecule has 178 valence electrons. The van der Waals surface area contributed by atoms with Crippen molar-refractivity contribution in [2.45, 2.75) is 24.6 Å². The Morgan fingerprint density at radius 1 is 1.24 bits per heavy atom. The molecule has 5 atom stereocenters. The molecule has 34 heavy (non-hydrogen) atoms. The van der Waals surface area contributed by atoms with Gasteiger partial charge in [-0.1, -0.05) is 18.2 Å². The Bertz CT molecular complexity index is 1210. The van der Waals surface area contributed by atoms with Gasteiger partial charge >= 0.3 is 5.97 Å². The van der Waals surface area contributed by atoms with Crippen molar-refractivity contribution in [2.75, 3.05) is 12.0 Å². The van der Waals surface area contributed by atoms with Crippen molar-refractivity contribution in [3.05, 3.63) is 58.1 Å². The van der Waals surface area contributed by atoms with Crippen LogP contribution in [0.15, 0.2) is 42.5 Å². The average molecular weight is 471 g/mol. The van der Waals surface area contributed by atoms with Crippen LogP contribution in [0.25, 0.3) is 0 Å². The minimum absolute atomic E-state index is 0.0630. The maximum Gasteiger partial charge on any atom is 0.327 e. The lowest BCUT2D eigenvalue weighted by Crippen LogP contribution is -2.62. The molecule has 4 rings (SSSR count). The molecule has 0 saturated carbocycles. The number of phenolic OH excluding ortho intramolecular Hbond substituents is 1. The Morgan fingerprint density at radius 3 is 2.50 bits per heavy atom. The van der Waals surface area contributed by atoms with E-state index in [1.54, 1.807) is 0 Å². The Hall–Kier alpha value is -4.03. The van der Waals surface area contributed by atoms with E-state index in [1.165, 1.54) is 50.4 Å². The number of nitrogens with one attached hydrogen (secondary N) is 1. The third-order valence-electron chi connectivity index (χ3n) is 6.49. The number of hydrogen-bond acceptors (Lipinski definition) is 9. The quantitative estimate of drug-likeness (QED) is 0.269. The fourth-order valence-corrected chi connectivity index (χ4v) is 4.92. The number of carbonyl (C=O) groups excluding carboxylic acids is 2. The van der Waals surface area contributed by atoms with E-state index in [4.69, 9.17) is 4.74 Å². The first-order valence-electron chi connectivity index (χ1n) is 10.2. The molecule has 5 unspecified atom stereocenters. The number of aromatic hydroxyl groups is 1. The van der Waals surface area contributed by atoms with E-state index in [-0.39, 0.29) is 28.4 Å². The molecular formula is C22H21N3O9. The first kappa shape index (κ1) is 23.1. The summed E-state index contributed by atoms with van der Waals surface area (Å²) in [6, 6.07) is 8.07. The van der Waals surface area contributed by atoms with Crippen molar-refractivity contribution >= 4 is 29.2 Å². The predicted molar refractivity (Wildman–Crippen MR) is 115 cm³/mol. The summed E-state index contributed by atoms with van der Waals surface area (Å²) in [6.07, 6.45) is -1.63. The van der Waals surface area contributed by atoms with Crippen LogP contribution in [-0.4, -0.2) is 56.8 Å². The summed E-state index contributed by atoms with van der Waals surface area (Å²) < 4.78 is 5.11. The van der Waals surface area contributed by atoms with Crippen molar-refractivity contribution in [3.8, 4) is 11.5 Å². The van der Waals surface area contributed by atoms with Crippen LogP contribution in [-0.2, 0) is 14.4 Å². The summed E-state index contributed by atoms with van der Waals surface area (Å²) >= 11 is 0.